The molecule has 1 amide bonds. The van der Waals surface area contributed by atoms with E-state index in [0.717, 1.165) is 5.56 Å². The first-order chi connectivity index (χ1) is 11.4. The van der Waals surface area contributed by atoms with E-state index in [1.165, 1.54) is 6.26 Å². The van der Waals surface area contributed by atoms with Crippen molar-refractivity contribution in [1.82, 2.24) is 4.90 Å². The van der Waals surface area contributed by atoms with Crippen LogP contribution in [0.1, 0.15) is 21.5 Å². The first kappa shape index (κ1) is 18.2. The van der Waals surface area contributed by atoms with E-state index in [2.05, 4.69) is 0 Å². The van der Waals surface area contributed by atoms with E-state index in [4.69, 9.17) is 0 Å². The summed E-state index contributed by atoms with van der Waals surface area (Å²) in [5.74, 6) is -0.245. The van der Waals surface area contributed by atoms with Crippen molar-refractivity contribution in [1.29, 1.82) is 0 Å². The molecule has 2 rings (SSSR count). The van der Waals surface area contributed by atoms with E-state index in [-0.39, 0.29) is 24.8 Å². The molecule has 0 aliphatic heterocycles. The molecule has 0 aliphatic carbocycles. The second kappa shape index (κ2) is 8.08. The molecule has 6 heteroatoms. The first-order valence-corrected chi connectivity index (χ1v) is 9.66. The average Bonchev–Trinajstić information content (AvgIpc) is 2.54. The summed E-state index contributed by atoms with van der Waals surface area (Å²) in [6.45, 7) is 0.523. The highest BCUT2D eigenvalue weighted by molar-refractivity contribution is 7.89. The van der Waals surface area contributed by atoms with Gasteiger partial charge in [-0.1, -0.05) is 42.5 Å². The number of hydrogen-bond acceptors (Lipinski definition) is 4. The standard InChI is InChI=1S/C18H21NO4S/c1-24(22,23)14-16-7-9-17(10-8-16)18(21)19(11-12-20)13-15-5-3-2-4-6-15/h2-10,20H,11-14H2,1H3. The van der Waals surface area contributed by atoms with Gasteiger partial charge in [-0.3, -0.25) is 4.79 Å². The topological polar surface area (TPSA) is 74.7 Å². The monoisotopic (exact) mass is 347 g/mol. The smallest absolute Gasteiger partial charge is 0.254 e. The van der Waals surface area contributed by atoms with E-state index >= 15 is 0 Å². The van der Waals surface area contributed by atoms with Crippen molar-refractivity contribution in [2.75, 3.05) is 19.4 Å². The summed E-state index contributed by atoms with van der Waals surface area (Å²) in [6.07, 6.45) is 1.18. The van der Waals surface area contributed by atoms with Gasteiger partial charge < -0.3 is 10.0 Å². The Hall–Kier alpha value is -2.18. The molecule has 0 atom stereocenters. The third kappa shape index (κ3) is 5.47. The summed E-state index contributed by atoms with van der Waals surface area (Å²) in [4.78, 5) is 14.2. The number of carbonyl (C=O) groups is 1. The molecule has 2 aromatic carbocycles. The van der Waals surface area contributed by atoms with Crippen LogP contribution in [-0.2, 0) is 22.1 Å². The Labute approximate surface area is 142 Å². The second-order valence-corrected chi connectivity index (χ2v) is 7.84. The number of nitrogens with zero attached hydrogens (tertiary/aromatic N) is 1. The predicted octanol–water partition coefficient (Wildman–Crippen LogP) is 1.87. The van der Waals surface area contributed by atoms with Gasteiger partial charge in [0.2, 0.25) is 0 Å². The normalized spacial score (nSPS) is 11.2. The number of sulfone groups is 1. The zero-order valence-electron chi connectivity index (χ0n) is 13.6. The van der Waals surface area contributed by atoms with Gasteiger partial charge in [-0.05, 0) is 23.3 Å². The van der Waals surface area contributed by atoms with Crippen LogP contribution in [0.15, 0.2) is 54.6 Å². The maximum atomic E-state index is 12.6. The molecule has 0 radical (unpaired) electrons. The van der Waals surface area contributed by atoms with Crippen LogP contribution < -0.4 is 0 Å². The summed E-state index contributed by atoms with van der Waals surface area (Å²) in [5, 5.41) is 9.22. The quantitative estimate of drug-likeness (QED) is 0.830. The van der Waals surface area contributed by atoms with Crippen molar-refractivity contribution in [3.8, 4) is 0 Å². The molecule has 0 unspecified atom stereocenters. The summed E-state index contributed by atoms with van der Waals surface area (Å²) >= 11 is 0. The molecule has 24 heavy (non-hydrogen) atoms. The summed E-state index contributed by atoms with van der Waals surface area (Å²) in [6, 6.07) is 16.1. The highest BCUT2D eigenvalue weighted by Crippen LogP contribution is 2.12. The van der Waals surface area contributed by atoms with Crippen molar-refractivity contribution < 1.29 is 18.3 Å². The van der Waals surface area contributed by atoms with Crippen molar-refractivity contribution in [2.24, 2.45) is 0 Å². The van der Waals surface area contributed by atoms with Crippen LogP contribution in [0.25, 0.3) is 0 Å². The van der Waals surface area contributed by atoms with Crippen LogP contribution in [0, 0.1) is 0 Å². The van der Waals surface area contributed by atoms with Gasteiger partial charge in [0.1, 0.15) is 0 Å². The van der Waals surface area contributed by atoms with Gasteiger partial charge in [-0.15, -0.1) is 0 Å². The average molecular weight is 347 g/mol. The lowest BCUT2D eigenvalue weighted by Gasteiger charge is -2.22. The van der Waals surface area contributed by atoms with Crippen molar-refractivity contribution in [2.45, 2.75) is 12.3 Å². The SMILES string of the molecule is CS(=O)(=O)Cc1ccc(C(=O)N(CCO)Cc2ccccc2)cc1. The molecule has 0 bridgehead atoms. The van der Waals surface area contributed by atoms with Gasteiger partial charge in [0.05, 0.1) is 12.4 Å². The van der Waals surface area contributed by atoms with E-state index in [9.17, 15) is 18.3 Å². The lowest BCUT2D eigenvalue weighted by atomic mass is 10.1. The number of aliphatic hydroxyl groups excluding tert-OH is 1. The van der Waals surface area contributed by atoms with Crippen molar-refractivity contribution >= 4 is 15.7 Å². The summed E-state index contributed by atoms with van der Waals surface area (Å²) < 4.78 is 22.6. The van der Waals surface area contributed by atoms with Crippen molar-refractivity contribution in [3.63, 3.8) is 0 Å². The van der Waals surface area contributed by atoms with Crippen LogP contribution in [-0.4, -0.2) is 43.7 Å². The van der Waals surface area contributed by atoms with Gasteiger partial charge in [0, 0.05) is 24.9 Å². The minimum absolute atomic E-state index is 0.0498. The Morgan fingerprint density at radius 1 is 1.00 bits per heavy atom. The third-order valence-corrected chi connectivity index (χ3v) is 4.36. The van der Waals surface area contributed by atoms with Crippen LogP contribution >= 0.6 is 0 Å². The fraction of sp³-hybridized carbons (Fsp3) is 0.278. The number of carbonyl (C=O) groups excluding carboxylic acids is 1. The van der Waals surface area contributed by atoms with Gasteiger partial charge in [0.25, 0.3) is 5.91 Å². The Balaban J connectivity index is 2.14. The van der Waals surface area contributed by atoms with E-state index in [0.29, 0.717) is 17.7 Å². The first-order valence-electron chi connectivity index (χ1n) is 7.60. The molecule has 0 fully saturated rings. The molecule has 0 saturated heterocycles. The molecule has 128 valence electrons. The van der Waals surface area contributed by atoms with Crippen molar-refractivity contribution in [3.05, 3.63) is 71.3 Å². The van der Waals surface area contributed by atoms with Crippen LogP contribution in [0.3, 0.4) is 0 Å². The van der Waals surface area contributed by atoms with Gasteiger partial charge >= 0.3 is 0 Å². The molecule has 0 aliphatic rings. The zero-order valence-corrected chi connectivity index (χ0v) is 14.4. The Bertz CT molecular complexity index is 770. The molecule has 5 nitrogen and oxygen atoms in total. The molecule has 2 aromatic rings. The minimum Gasteiger partial charge on any atom is -0.395 e. The molecule has 1 N–H and O–H groups in total. The van der Waals surface area contributed by atoms with Crippen LogP contribution in [0.5, 0.6) is 0 Å². The number of rotatable bonds is 7. The Morgan fingerprint density at radius 2 is 1.62 bits per heavy atom. The molecular formula is C18H21NO4S. The molecule has 0 spiro atoms. The lowest BCUT2D eigenvalue weighted by molar-refractivity contribution is 0.0708. The number of amides is 1. The van der Waals surface area contributed by atoms with E-state index < -0.39 is 9.84 Å². The highest BCUT2D eigenvalue weighted by atomic mass is 32.2. The maximum absolute atomic E-state index is 12.6. The highest BCUT2D eigenvalue weighted by Gasteiger charge is 2.16. The molecule has 0 aromatic heterocycles. The Morgan fingerprint density at radius 3 is 2.17 bits per heavy atom. The number of aliphatic hydroxyl groups is 1. The maximum Gasteiger partial charge on any atom is 0.254 e. The summed E-state index contributed by atoms with van der Waals surface area (Å²) in [7, 11) is -3.10. The fourth-order valence-electron chi connectivity index (χ4n) is 2.41. The van der Waals surface area contributed by atoms with Crippen LogP contribution in [0.2, 0.25) is 0 Å². The number of benzene rings is 2. The minimum atomic E-state index is -3.10. The second-order valence-electron chi connectivity index (χ2n) is 5.70. The largest absolute Gasteiger partial charge is 0.395 e. The molecule has 0 heterocycles. The summed E-state index contributed by atoms with van der Waals surface area (Å²) in [5.41, 5.74) is 2.09. The van der Waals surface area contributed by atoms with Gasteiger partial charge in [-0.2, -0.15) is 0 Å². The predicted molar refractivity (Wildman–Crippen MR) is 93.3 cm³/mol. The molecule has 0 saturated carbocycles. The fourth-order valence-corrected chi connectivity index (χ4v) is 3.20. The lowest BCUT2D eigenvalue weighted by Crippen LogP contribution is -2.33. The van der Waals surface area contributed by atoms with Gasteiger partial charge in [-0.25, -0.2) is 8.42 Å². The van der Waals surface area contributed by atoms with Gasteiger partial charge in [0.15, 0.2) is 9.84 Å². The Kier molecular flexibility index (Phi) is 6.11. The molecular weight excluding hydrogens is 326 g/mol. The van der Waals surface area contributed by atoms with E-state index in [1.807, 2.05) is 30.3 Å². The zero-order chi connectivity index (χ0) is 17.6. The third-order valence-electron chi connectivity index (χ3n) is 3.50. The van der Waals surface area contributed by atoms with Crippen LogP contribution in [0.4, 0.5) is 0 Å². The van der Waals surface area contributed by atoms with E-state index in [1.54, 1.807) is 29.2 Å². The number of hydrogen-bond donors (Lipinski definition) is 1.